The molecule has 0 spiro atoms. The highest BCUT2D eigenvalue weighted by molar-refractivity contribution is 7.12. The van der Waals surface area contributed by atoms with E-state index in [2.05, 4.69) is 44.7 Å². The van der Waals surface area contributed by atoms with E-state index in [4.69, 9.17) is 10.5 Å². The van der Waals surface area contributed by atoms with Gasteiger partial charge in [-0.1, -0.05) is 13.8 Å². The summed E-state index contributed by atoms with van der Waals surface area (Å²) in [6.07, 6.45) is 0. The largest absolute Gasteiger partial charge is 0.383 e. The minimum absolute atomic E-state index is 0.119. The average molecular weight is 284 g/mol. The predicted molar refractivity (Wildman–Crippen MR) is 83.7 cm³/mol. The van der Waals surface area contributed by atoms with Gasteiger partial charge in [-0.15, -0.1) is 11.3 Å². The first-order valence-electron chi connectivity index (χ1n) is 7.00. The van der Waals surface area contributed by atoms with E-state index in [0.717, 1.165) is 19.7 Å². The van der Waals surface area contributed by atoms with E-state index in [0.29, 0.717) is 5.92 Å². The van der Waals surface area contributed by atoms with E-state index in [1.54, 1.807) is 7.11 Å². The van der Waals surface area contributed by atoms with Gasteiger partial charge < -0.3 is 10.5 Å². The van der Waals surface area contributed by atoms with Crippen LogP contribution < -0.4 is 5.73 Å². The fraction of sp³-hybridized carbons (Fsp3) is 0.733. The number of nitrogens with two attached hydrogens (primary N) is 1. The van der Waals surface area contributed by atoms with Crippen LogP contribution in [0, 0.1) is 12.8 Å². The van der Waals surface area contributed by atoms with E-state index in [-0.39, 0.29) is 12.1 Å². The minimum Gasteiger partial charge on any atom is -0.383 e. The molecule has 3 nitrogen and oxygen atoms in total. The molecule has 0 amide bonds. The Balaban J connectivity index is 2.90. The van der Waals surface area contributed by atoms with E-state index < -0.39 is 0 Å². The van der Waals surface area contributed by atoms with Crippen LogP contribution in [0.25, 0.3) is 0 Å². The fourth-order valence-electron chi connectivity index (χ4n) is 2.41. The molecule has 0 aliphatic carbocycles. The molecule has 1 aromatic heterocycles. The number of hydrogen-bond acceptors (Lipinski definition) is 4. The van der Waals surface area contributed by atoms with Gasteiger partial charge in [0.05, 0.1) is 12.6 Å². The van der Waals surface area contributed by atoms with Crippen molar-refractivity contribution in [3.8, 4) is 0 Å². The molecule has 0 saturated heterocycles. The number of methoxy groups -OCH3 is 1. The summed E-state index contributed by atoms with van der Waals surface area (Å²) in [6, 6.07) is 4.80. The number of rotatable bonds is 8. The summed E-state index contributed by atoms with van der Waals surface area (Å²) in [5, 5.41) is 0. The molecule has 19 heavy (non-hydrogen) atoms. The molecule has 0 fully saturated rings. The van der Waals surface area contributed by atoms with Gasteiger partial charge in [0.1, 0.15) is 0 Å². The number of hydrogen-bond donors (Lipinski definition) is 1. The van der Waals surface area contributed by atoms with Crippen LogP contribution in [0.15, 0.2) is 12.1 Å². The Morgan fingerprint density at radius 3 is 2.42 bits per heavy atom. The van der Waals surface area contributed by atoms with Gasteiger partial charge in [0.2, 0.25) is 0 Å². The van der Waals surface area contributed by atoms with Gasteiger partial charge >= 0.3 is 0 Å². The second kappa shape index (κ2) is 8.00. The topological polar surface area (TPSA) is 38.5 Å². The molecule has 0 aromatic carbocycles. The zero-order valence-corrected chi connectivity index (χ0v) is 13.7. The van der Waals surface area contributed by atoms with Gasteiger partial charge in [-0.2, -0.15) is 0 Å². The standard InChI is InChI=1S/C15H28N2OS/c1-11(2)10-17(8-9-18-5)15(13(4)16)14-7-6-12(3)19-14/h6-7,11,13,15H,8-10,16H2,1-5H3. The van der Waals surface area contributed by atoms with Crippen LogP contribution in [0.2, 0.25) is 0 Å². The maximum Gasteiger partial charge on any atom is 0.0591 e. The Bertz CT molecular complexity index is 363. The van der Waals surface area contributed by atoms with Crippen LogP contribution in [0.3, 0.4) is 0 Å². The highest BCUT2D eigenvalue weighted by Crippen LogP contribution is 2.30. The van der Waals surface area contributed by atoms with Crippen molar-refractivity contribution in [2.24, 2.45) is 11.7 Å². The van der Waals surface area contributed by atoms with Crippen molar-refractivity contribution in [1.82, 2.24) is 4.90 Å². The summed E-state index contributed by atoms with van der Waals surface area (Å²) in [5.74, 6) is 0.624. The summed E-state index contributed by atoms with van der Waals surface area (Å²) in [5.41, 5.74) is 6.25. The van der Waals surface area contributed by atoms with Crippen LogP contribution in [0.5, 0.6) is 0 Å². The number of thiophene rings is 1. The van der Waals surface area contributed by atoms with Crippen molar-refractivity contribution >= 4 is 11.3 Å². The molecule has 0 aliphatic rings. The quantitative estimate of drug-likeness (QED) is 0.797. The Kier molecular flexibility index (Phi) is 7.00. The van der Waals surface area contributed by atoms with Crippen LogP contribution in [-0.2, 0) is 4.74 Å². The van der Waals surface area contributed by atoms with Crippen LogP contribution >= 0.6 is 11.3 Å². The first kappa shape index (κ1) is 16.6. The molecule has 1 aromatic rings. The van der Waals surface area contributed by atoms with Crippen molar-refractivity contribution < 1.29 is 4.74 Å². The summed E-state index contributed by atoms with van der Waals surface area (Å²) in [6.45, 7) is 11.5. The lowest BCUT2D eigenvalue weighted by Gasteiger charge is -2.34. The van der Waals surface area contributed by atoms with Gasteiger partial charge in [0.15, 0.2) is 0 Å². The molecule has 0 radical (unpaired) electrons. The molecule has 2 atom stereocenters. The van der Waals surface area contributed by atoms with Crippen LogP contribution in [0.4, 0.5) is 0 Å². The van der Waals surface area contributed by atoms with Gasteiger partial charge in [-0.05, 0) is 31.9 Å². The Labute approximate surface area is 121 Å². The Morgan fingerprint density at radius 2 is 2.00 bits per heavy atom. The summed E-state index contributed by atoms with van der Waals surface area (Å²) in [4.78, 5) is 5.17. The van der Waals surface area contributed by atoms with Crippen molar-refractivity contribution in [3.05, 3.63) is 21.9 Å². The summed E-state index contributed by atoms with van der Waals surface area (Å²) >= 11 is 1.85. The zero-order valence-electron chi connectivity index (χ0n) is 12.8. The smallest absolute Gasteiger partial charge is 0.0591 e. The van der Waals surface area contributed by atoms with Crippen molar-refractivity contribution in [2.45, 2.75) is 39.8 Å². The Morgan fingerprint density at radius 1 is 1.32 bits per heavy atom. The minimum atomic E-state index is 0.119. The maximum atomic E-state index is 6.25. The van der Waals surface area contributed by atoms with Gasteiger partial charge in [-0.3, -0.25) is 4.90 Å². The van der Waals surface area contributed by atoms with Gasteiger partial charge in [0, 0.05) is 36.0 Å². The molecule has 2 N–H and O–H groups in total. The first-order chi connectivity index (χ1) is 8.95. The third-order valence-corrected chi connectivity index (χ3v) is 4.20. The molecule has 0 bridgehead atoms. The number of aryl methyl sites for hydroxylation is 1. The lowest BCUT2D eigenvalue weighted by molar-refractivity contribution is 0.102. The second-order valence-corrected chi connectivity index (χ2v) is 6.95. The first-order valence-corrected chi connectivity index (χ1v) is 7.82. The highest BCUT2D eigenvalue weighted by Gasteiger charge is 2.25. The average Bonchev–Trinajstić information content (AvgIpc) is 2.71. The van der Waals surface area contributed by atoms with Gasteiger partial charge in [-0.25, -0.2) is 0 Å². The fourth-order valence-corrected chi connectivity index (χ4v) is 3.53. The van der Waals surface area contributed by atoms with Crippen molar-refractivity contribution in [3.63, 3.8) is 0 Å². The van der Waals surface area contributed by atoms with Crippen LogP contribution in [-0.4, -0.2) is 37.7 Å². The molecular formula is C15H28N2OS. The molecule has 0 aliphatic heterocycles. The zero-order chi connectivity index (χ0) is 14.4. The molecule has 110 valence electrons. The lowest BCUT2D eigenvalue weighted by atomic mass is 10.0. The highest BCUT2D eigenvalue weighted by atomic mass is 32.1. The lowest BCUT2D eigenvalue weighted by Crippen LogP contribution is -2.42. The second-order valence-electron chi connectivity index (χ2n) is 5.63. The van der Waals surface area contributed by atoms with E-state index >= 15 is 0 Å². The number of nitrogens with zero attached hydrogens (tertiary/aromatic N) is 1. The SMILES string of the molecule is COCCN(CC(C)C)C(c1ccc(C)s1)C(C)N. The molecule has 2 unspecified atom stereocenters. The summed E-state index contributed by atoms with van der Waals surface area (Å²) < 4.78 is 5.25. The van der Waals surface area contributed by atoms with E-state index in [9.17, 15) is 0 Å². The third-order valence-electron chi connectivity index (χ3n) is 3.13. The molecule has 1 heterocycles. The molecule has 4 heteroatoms. The Hall–Kier alpha value is -0.420. The van der Waals surface area contributed by atoms with Crippen molar-refractivity contribution in [2.75, 3.05) is 26.8 Å². The number of ether oxygens (including phenoxy) is 1. The maximum absolute atomic E-state index is 6.25. The monoisotopic (exact) mass is 284 g/mol. The molecular weight excluding hydrogens is 256 g/mol. The third kappa shape index (κ3) is 5.22. The van der Waals surface area contributed by atoms with E-state index in [1.807, 2.05) is 11.3 Å². The van der Waals surface area contributed by atoms with Crippen LogP contribution in [0.1, 0.15) is 36.6 Å². The molecule has 0 saturated carbocycles. The normalized spacial score (nSPS) is 15.2. The summed E-state index contributed by atoms with van der Waals surface area (Å²) in [7, 11) is 1.75. The van der Waals surface area contributed by atoms with Gasteiger partial charge in [0.25, 0.3) is 0 Å². The van der Waals surface area contributed by atoms with Crippen molar-refractivity contribution in [1.29, 1.82) is 0 Å². The predicted octanol–water partition coefficient (Wildman–Crippen LogP) is 3.05. The molecule has 1 rings (SSSR count). The van der Waals surface area contributed by atoms with E-state index in [1.165, 1.54) is 9.75 Å².